The predicted molar refractivity (Wildman–Crippen MR) is 84.5 cm³/mol. The van der Waals surface area contributed by atoms with Crippen LogP contribution in [0.4, 0.5) is 5.69 Å². The van der Waals surface area contributed by atoms with Gasteiger partial charge in [0.1, 0.15) is 6.04 Å². The standard InChI is InChI=1S/C16H25N3O2/c1-3-8-18-11-13-6-4-5-7-14(13)19-9-10-21-12-15(19)16(20)17-2/h4-7,15,18H,3,8-12H2,1-2H3,(H,17,20). The number of anilines is 1. The molecule has 0 spiro atoms. The Balaban J connectivity index is 2.19. The van der Waals surface area contributed by atoms with Crippen LogP contribution in [0.5, 0.6) is 0 Å². The molecule has 0 bridgehead atoms. The van der Waals surface area contributed by atoms with Crippen molar-refractivity contribution in [3.8, 4) is 0 Å². The van der Waals surface area contributed by atoms with Gasteiger partial charge in [-0.1, -0.05) is 25.1 Å². The van der Waals surface area contributed by atoms with Crippen molar-refractivity contribution in [2.45, 2.75) is 25.9 Å². The fraction of sp³-hybridized carbons (Fsp3) is 0.562. The summed E-state index contributed by atoms with van der Waals surface area (Å²) in [6.45, 7) is 5.81. The monoisotopic (exact) mass is 291 g/mol. The number of carbonyl (C=O) groups is 1. The van der Waals surface area contributed by atoms with E-state index in [-0.39, 0.29) is 11.9 Å². The number of likely N-dealkylation sites (N-methyl/N-ethyl adjacent to an activating group) is 1. The van der Waals surface area contributed by atoms with Crippen LogP contribution in [-0.4, -0.2) is 45.3 Å². The molecular weight excluding hydrogens is 266 g/mol. The maximum atomic E-state index is 12.1. The molecule has 1 atom stereocenters. The average molecular weight is 291 g/mol. The molecular formula is C16H25N3O2. The van der Waals surface area contributed by atoms with E-state index >= 15 is 0 Å². The van der Waals surface area contributed by atoms with E-state index in [9.17, 15) is 4.79 Å². The van der Waals surface area contributed by atoms with Gasteiger partial charge in [0.15, 0.2) is 0 Å². The zero-order valence-corrected chi connectivity index (χ0v) is 12.9. The smallest absolute Gasteiger partial charge is 0.244 e. The Morgan fingerprint density at radius 2 is 2.24 bits per heavy atom. The van der Waals surface area contributed by atoms with Crippen molar-refractivity contribution in [3.63, 3.8) is 0 Å². The third kappa shape index (κ3) is 3.95. The van der Waals surface area contributed by atoms with Gasteiger partial charge in [0, 0.05) is 25.8 Å². The molecule has 2 N–H and O–H groups in total. The number of morpholine rings is 1. The molecule has 1 unspecified atom stereocenters. The molecule has 1 saturated heterocycles. The largest absolute Gasteiger partial charge is 0.377 e. The van der Waals surface area contributed by atoms with Gasteiger partial charge in [-0.25, -0.2) is 0 Å². The Hall–Kier alpha value is -1.59. The number of benzene rings is 1. The number of hydrogen-bond acceptors (Lipinski definition) is 4. The number of ether oxygens (including phenoxy) is 1. The summed E-state index contributed by atoms with van der Waals surface area (Å²) in [4.78, 5) is 14.2. The molecule has 1 aliphatic heterocycles. The Labute approximate surface area is 126 Å². The maximum Gasteiger partial charge on any atom is 0.244 e. The Kier molecular flexibility index (Phi) is 6.02. The van der Waals surface area contributed by atoms with E-state index in [1.54, 1.807) is 7.05 Å². The van der Waals surface area contributed by atoms with Gasteiger partial charge in [-0.2, -0.15) is 0 Å². The van der Waals surface area contributed by atoms with Gasteiger partial charge in [0.25, 0.3) is 0 Å². The number of nitrogens with one attached hydrogen (secondary N) is 2. The van der Waals surface area contributed by atoms with E-state index in [0.717, 1.165) is 31.7 Å². The number of rotatable bonds is 6. The second kappa shape index (κ2) is 8.00. The molecule has 5 nitrogen and oxygen atoms in total. The minimum atomic E-state index is -0.254. The number of amides is 1. The van der Waals surface area contributed by atoms with E-state index in [1.165, 1.54) is 5.56 Å². The van der Waals surface area contributed by atoms with Crippen molar-refractivity contribution in [3.05, 3.63) is 29.8 Å². The zero-order chi connectivity index (χ0) is 15.1. The molecule has 116 valence electrons. The third-order valence-electron chi connectivity index (χ3n) is 3.72. The molecule has 1 fully saturated rings. The van der Waals surface area contributed by atoms with E-state index in [1.807, 2.05) is 12.1 Å². The molecule has 21 heavy (non-hydrogen) atoms. The minimum Gasteiger partial charge on any atom is -0.377 e. The van der Waals surface area contributed by atoms with Crippen LogP contribution >= 0.6 is 0 Å². The summed E-state index contributed by atoms with van der Waals surface area (Å²) in [5.74, 6) is 0.00557. The van der Waals surface area contributed by atoms with Crippen LogP contribution in [0.1, 0.15) is 18.9 Å². The van der Waals surface area contributed by atoms with Gasteiger partial charge in [0.05, 0.1) is 13.2 Å². The fourth-order valence-corrected chi connectivity index (χ4v) is 2.62. The number of nitrogens with zero attached hydrogens (tertiary/aromatic N) is 1. The average Bonchev–Trinajstić information content (AvgIpc) is 2.55. The first kappa shape index (κ1) is 15.8. The van der Waals surface area contributed by atoms with Crippen molar-refractivity contribution >= 4 is 11.6 Å². The number of hydrogen-bond donors (Lipinski definition) is 2. The highest BCUT2D eigenvalue weighted by Gasteiger charge is 2.29. The highest BCUT2D eigenvalue weighted by atomic mass is 16.5. The first-order valence-corrected chi connectivity index (χ1v) is 7.62. The summed E-state index contributed by atoms with van der Waals surface area (Å²) >= 11 is 0. The quantitative estimate of drug-likeness (QED) is 0.772. The van der Waals surface area contributed by atoms with E-state index < -0.39 is 0 Å². The van der Waals surface area contributed by atoms with Crippen molar-refractivity contribution < 1.29 is 9.53 Å². The zero-order valence-electron chi connectivity index (χ0n) is 12.9. The Morgan fingerprint density at radius 3 is 3.00 bits per heavy atom. The van der Waals surface area contributed by atoms with Crippen molar-refractivity contribution in [2.24, 2.45) is 0 Å². The highest BCUT2D eigenvalue weighted by molar-refractivity contribution is 5.85. The minimum absolute atomic E-state index is 0.00557. The van der Waals surface area contributed by atoms with Gasteiger partial charge < -0.3 is 20.3 Å². The van der Waals surface area contributed by atoms with Crippen molar-refractivity contribution in [2.75, 3.05) is 38.3 Å². The van der Waals surface area contributed by atoms with Gasteiger partial charge in [-0.15, -0.1) is 0 Å². The topological polar surface area (TPSA) is 53.6 Å². The number of carbonyl (C=O) groups excluding carboxylic acids is 1. The molecule has 2 rings (SSSR count). The Bertz CT molecular complexity index is 465. The lowest BCUT2D eigenvalue weighted by Gasteiger charge is -2.37. The van der Waals surface area contributed by atoms with Crippen LogP contribution in [0.15, 0.2) is 24.3 Å². The van der Waals surface area contributed by atoms with E-state index in [4.69, 9.17) is 4.74 Å². The first-order valence-electron chi connectivity index (χ1n) is 7.62. The first-order chi connectivity index (χ1) is 10.3. The molecule has 0 aromatic heterocycles. The molecule has 0 aliphatic carbocycles. The predicted octanol–water partition coefficient (Wildman–Crippen LogP) is 1.14. The van der Waals surface area contributed by atoms with Gasteiger partial charge in [-0.05, 0) is 24.6 Å². The lowest BCUT2D eigenvalue weighted by atomic mass is 10.1. The second-order valence-electron chi connectivity index (χ2n) is 5.20. The molecule has 1 amide bonds. The molecule has 0 saturated carbocycles. The molecule has 1 aromatic carbocycles. The van der Waals surface area contributed by atoms with Crippen LogP contribution < -0.4 is 15.5 Å². The normalized spacial score (nSPS) is 18.6. The lowest BCUT2D eigenvalue weighted by molar-refractivity contribution is -0.124. The van der Waals surface area contributed by atoms with Crippen LogP contribution in [0.25, 0.3) is 0 Å². The van der Waals surface area contributed by atoms with Gasteiger partial charge in [0.2, 0.25) is 5.91 Å². The van der Waals surface area contributed by atoms with E-state index in [2.05, 4.69) is 34.6 Å². The number of para-hydroxylation sites is 1. The summed E-state index contributed by atoms with van der Waals surface area (Å²) in [5, 5.41) is 6.16. The maximum absolute atomic E-state index is 12.1. The summed E-state index contributed by atoms with van der Waals surface area (Å²) in [6, 6.07) is 8.02. The third-order valence-corrected chi connectivity index (χ3v) is 3.72. The molecule has 1 heterocycles. The van der Waals surface area contributed by atoms with Crippen molar-refractivity contribution in [1.82, 2.24) is 10.6 Å². The van der Waals surface area contributed by atoms with Crippen molar-refractivity contribution in [1.29, 1.82) is 0 Å². The molecule has 1 aromatic rings. The van der Waals surface area contributed by atoms with Crippen LogP contribution in [0, 0.1) is 0 Å². The Morgan fingerprint density at radius 1 is 1.43 bits per heavy atom. The van der Waals surface area contributed by atoms with Gasteiger partial charge in [-0.3, -0.25) is 4.79 Å². The van der Waals surface area contributed by atoms with E-state index in [0.29, 0.717) is 13.2 Å². The molecule has 0 radical (unpaired) electrons. The summed E-state index contributed by atoms with van der Waals surface area (Å²) in [5.41, 5.74) is 2.35. The fourth-order valence-electron chi connectivity index (χ4n) is 2.62. The highest BCUT2D eigenvalue weighted by Crippen LogP contribution is 2.24. The summed E-state index contributed by atoms with van der Waals surface area (Å²) in [6.07, 6.45) is 1.11. The second-order valence-corrected chi connectivity index (χ2v) is 5.20. The van der Waals surface area contributed by atoms with Crippen LogP contribution in [-0.2, 0) is 16.1 Å². The SMILES string of the molecule is CCCNCc1ccccc1N1CCOCC1C(=O)NC. The molecule has 1 aliphatic rings. The summed E-state index contributed by atoms with van der Waals surface area (Å²) < 4.78 is 5.48. The lowest BCUT2D eigenvalue weighted by Crippen LogP contribution is -2.53. The molecule has 5 heteroatoms. The summed E-state index contributed by atoms with van der Waals surface area (Å²) in [7, 11) is 1.67. The van der Waals surface area contributed by atoms with Crippen LogP contribution in [0.3, 0.4) is 0 Å². The van der Waals surface area contributed by atoms with Crippen LogP contribution in [0.2, 0.25) is 0 Å². The van der Waals surface area contributed by atoms with Gasteiger partial charge >= 0.3 is 0 Å².